The van der Waals surface area contributed by atoms with Gasteiger partial charge in [0.15, 0.2) is 12.1 Å². The van der Waals surface area contributed by atoms with Crippen molar-refractivity contribution in [3.63, 3.8) is 0 Å². The first kappa shape index (κ1) is 24.1. The van der Waals surface area contributed by atoms with E-state index in [0.717, 1.165) is 5.56 Å². The van der Waals surface area contributed by atoms with Crippen LogP contribution in [0.5, 0.6) is 0 Å². The maximum Gasteiger partial charge on any atom is 0.337 e. The summed E-state index contributed by atoms with van der Waals surface area (Å²) in [6, 6.07) is 9.47. The van der Waals surface area contributed by atoms with Crippen molar-refractivity contribution < 1.29 is 42.1 Å². The predicted molar refractivity (Wildman–Crippen MR) is 104 cm³/mol. The highest BCUT2D eigenvalue weighted by molar-refractivity contribution is 7.54. The second kappa shape index (κ2) is 11.3. The van der Waals surface area contributed by atoms with E-state index in [-0.39, 0.29) is 6.61 Å². The molecule has 1 aliphatic rings. The molecular formula is C19H29O9P. The van der Waals surface area contributed by atoms with Crippen LogP contribution >= 0.6 is 7.60 Å². The van der Waals surface area contributed by atoms with E-state index in [1.807, 2.05) is 30.3 Å². The minimum Gasteiger partial charge on any atom is -0.376 e. The average Bonchev–Trinajstić information content (AvgIpc) is 2.76. The molecule has 2 rings (SSSR count). The third-order valence-corrected chi connectivity index (χ3v) is 6.59. The summed E-state index contributed by atoms with van der Waals surface area (Å²) in [6.45, 7) is 0.221. The Kier molecular flexibility index (Phi) is 9.39. The Balaban J connectivity index is 2.29. The molecule has 10 heteroatoms. The topological polar surface area (TPSA) is 98.8 Å². The first-order chi connectivity index (χ1) is 13.9. The second-order valence-corrected chi connectivity index (χ2v) is 8.69. The van der Waals surface area contributed by atoms with E-state index in [9.17, 15) is 9.36 Å². The average molecular weight is 432 g/mol. The molecule has 29 heavy (non-hydrogen) atoms. The fourth-order valence-corrected chi connectivity index (χ4v) is 4.18. The molecule has 1 saturated heterocycles. The Morgan fingerprint density at radius 2 is 1.55 bits per heavy atom. The van der Waals surface area contributed by atoms with Gasteiger partial charge in [0, 0.05) is 35.5 Å². The van der Waals surface area contributed by atoms with E-state index >= 15 is 0 Å². The number of ether oxygens (including phenoxy) is 5. The van der Waals surface area contributed by atoms with Crippen LogP contribution in [0.3, 0.4) is 0 Å². The summed E-state index contributed by atoms with van der Waals surface area (Å²) in [7, 11) is 3.28. The van der Waals surface area contributed by atoms with Gasteiger partial charge in [0.1, 0.15) is 30.6 Å². The molecule has 9 nitrogen and oxygen atoms in total. The van der Waals surface area contributed by atoms with Crippen molar-refractivity contribution in [3.05, 3.63) is 35.9 Å². The van der Waals surface area contributed by atoms with Crippen LogP contribution < -0.4 is 0 Å². The highest BCUT2D eigenvalue weighted by atomic mass is 31.2. The molecule has 0 saturated carbocycles. The monoisotopic (exact) mass is 432 g/mol. The summed E-state index contributed by atoms with van der Waals surface area (Å²) in [5.41, 5.74) is 0.913. The number of carbonyl (C=O) groups excluding carboxylic acids is 1. The van der Waals surface area contributed by atoms with E-state index in [1.165, 1.54) is 35.5 Å². The van der Waals surface area contributed by atoms with Crippen LogP contribution in [0.25, 0.3) is 0 Å². The molecule has 1 aliphatic heterocycles. The van der Waals surface area contributed by atoms with Gasteiger partial charge in [0.25, 0.3) is 0 Å². The molecular weight excluding hydrogens is 403 g/mol. The van der Waals surface area contributed by atoms with Crippen molar-refractivity contribution in [2.24, 2.45) is 0 Å². The lowest BCUT2D eigenvalue weighted by molar-refractivity contribution is -0.300. The minimum absolute atomic E-state index is 0.221. The maximum absolute atomic E-state index is 13.0. The lowest BCUT2D eigenvalue weighted by Gasteiger charge is -2.44. The summed E-state index contributed by atoms with van der Waals surface area (Å²) in [6.07, 6.45) is -4.59. The lowest BCUT2D eigenvalue weighted by Crippen LogP contribution is -2.62. The zero-order valence-corrected chi connectivity index (χ0v) is 18.2. The number of methoxy groups -OCH3 is 3. The summed E-state index contributed by atoms with van der Waals surface area (Å²) in [5, 5.41) is 0. The summed E-state index contributed by atoms with van der Waals surface area (Å²) in [5.74, 6) is -0.506. The van der Waals surface area contributed by atoms with Crippen molar-refractivity contribution in [2.45, 2.75) is 37.3 Å². The first-order valence-electron chi connectivity index (χ1n) is 9.05. The normalized spacial score (nSPS) is 27.7. The predicted octanol–water partition coefficient (Wildman–Crippen LogP) is 2.03. The fraction of sp³-hybridized carbons (Fsp3) is 0.632. The smallest absolute Gasteiger partial charge is 0.337 e. The number of Topliss-reactive ketones (excluding diaryl/α,β-unsaturated/α-hetero) is 1. The van der Waals surface area contributed by atoms with Crippen LogP contribution in [0.4, 0.5) is 0 Å². The van der Waals surface area contributed by atoms with Gasteiger partial charge < -0.3 is 32.7 Å². The van der Waals surface area contributed by atoms with Gasteiger partial charge in [-0.05, 0) is 5.56 Å². The summed E-state index contributed by atoms with van der Waals surface area (Å²) >= 11 is 0. The molecule has 0 aliphatic carbocycles. The van der Waals surface area contributed by atoms with Crippen LogP contribution in [0.1, 0.15) is 5.56 Å². The van der Waals surface area contributed by atoms with Crippen LogP contribution in [-0.4, -0.2) is 78.2 Å². The fourth-order valence-electron chi connectivity index (χ4n) is 3.21. The van der Waals surface area contributed by atoms with Gasteiger partial charge in [-0.2, -0.15) is 0 Å². The number of benzene rings is 1. The Morgan fingerprint density at radius 1 is 0.931 bits per heavy atom. The zero-order chi connectivity index (χ0) is 21.4. The van der Waals surface area contributed by atoms with Crippen molar-refractivity contribution in [3.8, 4) is 0 Å². The van der Waals surface area contributed by atoms with Gasteiger partial charge in [-0.15, -0.1) is 0 Å². The number of hydrogen-bond donors (Lipinski definition) is 0. The Labute approximate surface area is 171 Å². The van der Waals surface area contributed by atoms with E-state index in [4.69, 9.17) is 32.7 Å². The highest BCUT2D eigenvalue weighted by Crippen LogP contribution is 2.47. The van der Waals surface area contributed by atoms with Crippen LogP contribution in [0.2, 0.25) is 0 Å². The van der Waals surface area contributed by atoms with Crippen LogP contribution in [0.15, 0.2) is 30.3 Å². The number of carbonyl (C=O) groups is 1. The molecule has 1 aromatic carbocycles. The molecule has 1 heterocycles. The zero-order valence-electron chi connectivity index (χ0n) is 17.3. The third-order valence-electron chi connectivity index (χ3n) is 4.78. The Morgan fingerprint density at radius 3 is 2.07 bits per heavy atom. The Hall–Kier alpha value is -1.16. The molecule has 0 spiro atoms. The third kappa shape index (κ3) is 5.93. The second-order valence-electron chi connectivity index (χ2n) is 6.42. The van der Waals surface area contributed by atoms with Crippen molar-refractivity contribution in [1.29, 1.82) is 0 Å². The minimum atomic E-state index is -3.58. The van der Waals surface area contributed by atoms with Crippen LogP contribution in [0, 0.1) is 0 Å². The van der Waals surface area contributed by atoms with Gasteiger partial charge in [-0.1, -0.05) is 30.3 Å². The molecule has 164 valence electrons. The molecule has 0 amide bonds. The van der Waals surface area contributed by atoms with Crippen LogP contribution in [-0.2, 0) is 48.7 Å². The van der Waals surface area contributed by atoms with Gasteiger partial charge in [-0.25, -0.2) is 0 Å². The standard InChI is InChI=1S/C19H29O9P/c1-22-16-17(27-11-13-9-7-6-8-10-13)15(28-19(24-3)18(16)23-2)14(20)12-29(21,25-4)26-5/h6-10,15-19H,11-12H2,1-5H3/t15-,16+,17-,18-,19+/m1/s1. The first-order valence-corrected chi connectivity index (χ1v) is 10.8. The van der Waals surface area contributed by atoms with Crippen molar-refractivity contribution in [1.82, 2.24) is 0 Å². The van der Waals surface area contributed by atoms with Crippen molar-refractivity contribution in [2.75, 3.05) is 41.7 Å². The number of ketones is 1. The van der Waals surface area contributed by atoms with E-state index in [0.29, 0.717) is 0 Å². The molecule has 0 unspecified atom stereocenters. The van der Waals surface area contributed by atoms with Gasteiger partial charge >= 0.3 is 7.60 Å². The molecule has 1 fully saturated rings. The van der Waals surface area contributed by atoms with Gasteiger partial charge in [-0.3, -0.25) is 9.36 Å². The lowest BCUT2D eigenvalue weighted by atomic mass is 9.95. The summed E-state index contributed by atoms with van der Waals surface area (Å²) < 4.78 is 50.5. The highest BCUT2D eigenvalue weighted by Gasteiger charge is 2.51. The number of hydrogen-bond acceptors (Lipinski definition) is 9. The molecule has 0 aromatic heterocycles. The van der Waals surface area contributed by atoms with Crippen molar-refractivity contribution >= 4 is 13.4 Å². The molecule has 0 N–H and O–H groups in total. The summed E-state index contributed by atoms with van der Waals surface area (Å²) in [4.78, 5) is 13.0. The molecule has 5 atom stereocenters. The largest absolute Gasteiger partial charge is 0.376 e. The van der Waals surface area contributed by atoms with E-state index in [2.05, 4.69) is 0 Å². The molecule has 0 bridgehead atoms. The Bertz CT molecular complexity index is 676. The van der Waals surface area contributed by atoms with Gasteiger partial charge in [0.05, 0.1) is 6.61 Å². The van der Waals surface area contributed by atoms with Gasteiger partial charge in [0.2, 0.25) is 0 Å². The quantitative estimate of drug-likeness (QED) is 0.486. The number of rotatable bonds is 11. The molecule has 0 radical (unpaired) electrons. The van der Waals surface area contributed by atoms with E-state index in [1.54, 1.807) is 0 Å². The van der Waals surface area contributed by atoms with E-state index < -0.39 is 50.2 Å². The maximum atomic E-state index is 13.0. The molecule has 1 aromatic rings. The SMILES string of the molecule is CO[C@H]1O[C@H](C(=O)CP(=O)(OC)OC)[C@@H](OCc2ccccc2)[C@H](OC)[C@H]1OC.